The van der Waals surface area contributed by atoms with Crippen molar-refractivity contribution in [1.82, 2.24) is 24.3 Å². The first-order valence-electron chi connectivity index (χ1n) is 4.76. The van der Waals surface area contributed by atoms with Gasteiger partial charge in [0, 0.05) is 24.8 Å². The average Bonchev–Trinajstić information content (AvgIpc) is 2.78. The van der Waals surface area contributed by atoms with Crippen molar-refractivity contribution in [2.24, 2.45) is 0 Å². The summed E-state index contributed by atoms with van der Waals surface area (Å²) in [4.78, 5) is 16.7. The van der Waals surface area contributed by atoms with Gasteiger partial charge in [-0.3, -0.25) is 0 Å². The molecule has 0 unspecified atom stereocenters. The number of imidazole rings is 1. The number of hydrogen-bond acceptors (Lipinski definition) is 5. The lowest BCUT2D eigenvalue weighted by Gasteiger charge is -2.02. The molecule has 17 heavy (non-hydrogen) atoms. The van der Waals surface area contributed by atoms with E-state index in [9.17, 15) is 0 Å². The standard InChI is InChI=1S/C10H6BrN5S/c11-7-5-16-4-3-13-9(16)10(15-7)17-8-1-2-12-6-14-8/h1-6H. The molecular weight excluding hydrogens is 302 g/mol. The monoisotopic (exact) mass is 307 g/mol. The molecule has 0 bridgehead atoms. The third-order valence-corrected chi connectivity index (χ3v) is 3.37. The summed E-state index contributed by atoms with van der Waals surface area (Å²) in [5.74, 6) is 0. The largest absolute Gasteiger partial charge is 0.302 e. The molecule has 3 aromatic heterocycles. The molecule has 0 saturated carbocycles. The number of halogens is 1. The average molecular weight is 308 g/mol. The number of rotatable bonds is 2. The van der Waals surface area contributed by atoms with Crippen molar-refractivity contribution >= 4 is 33.3 Å². The van der Waals surface area contributed by atoms with Crippen molar-refractivity contribution in [3.05, 3.63) is 41.8 Å². The minimum Gasteiger partial charge on any atom is -0.302 e. The first kappa shape index (κ1) is 10.7. The summed E-state index contributed by atoms with van der Waals surface area (Å²) in [5, 5.41) is 1.65. The molecule has 5 nitrogen and oxygen atoms in total. The molecule has 0 aliphatic carbocycles. The molecule has 0 radical (unpaired) electrons. The van der Waals surface area contributed by atoms with Crippen molar-refractivity contribution < 1.29 is 0 Å². The normalized spacial score (nSPS) is 10.9. The van der Waals surface area contributed by atoms with E-state index in [-0.39, 0.29) is 0 Å². The predicted molar refractivity (Wildman–Crippen MR) is 66.8 cm³/mol. The van der Waals surface area contributed by atoms with Gasteiger partial charge in [0.15, 0.2) is 5.65 Å². The lowest BCUT2D eigenvalue weighted by atomic mass is 10.7. The quantitative estimate of drug-likeness (QED) is 0.681. The molecule has 84 valence electrons. The Hall–Kier alpha value is -1.47. The molecule has 0 saturated heterocycles. The van der Waals surface area contributed by atoms with Crippen LogP contribution in [0.15, 0.2) is 51.8 Å². The Morgan fingerprint density at radius 2 is 2.18 bits per heavy atom. The summed E-state index contributed by atoms with van der Waals surface area (Å²) >= 11 is 4.84. The highest BCUT2D eigenvalue weighted by molar-refractivity contribution is 9.10. The zero-order valence-corrected chi connectivity index (χ0v) is 10.9. The Balaban J connectivity index is 2.08. The predicted octanol–water partition coefficient (Wildman–Crippen LogP) is 2.43. The molecule has 0 fully saturated rings. The molecule has 3 rings (SSSR count). The van der Waals surface area contributed by atoms with E-state index in [1.807, 2.05) is 22.9 Å². The van der Waals surface area contributed by atoms with Crippen LogP contribution in [0.4, 0.5) is 0 Å². The highest BCUT2D eigenvalue weighted by atomic mass is 79.9. The molecule has 7 heteroatoms. The lowest BCUT2D eigenvalue weighted by molar-refractivity contribution is 0.994. The summed E-state index contributed by atoms with van der Waals surface area (Å²) in [6, 6.07) is 1.84. The topological polar surface area (TPSA) is 56.0 Å². The summed E-state index contributed by atoms with van der Waals surface area (Å²) in [6.45, 7) is 0. The van der Waals surface area contributed by atoms with Gasteiger partial charge in [-0.1, -0.05) is 0 Å². The second kappa shape index (κ2) is 4.42. The molecule has 3 heterocycles. The second-order valence-electron chi connectivity index (χ2n) is 3.18. The van der Waals surface area contributed by atoms with Gasteiger partial charge in [-0.05, 0) is 33.8 Å². The Labute approximate surface area is 109 Å². The van der Waals surface area contributed by atoms with Gasteiger partial charge in [0.05, 0.1) is 0 Å². The minimum absolute atomic E-state index is 0.763. The Morgan fingerprint density at radius 3 is 3.00 bits per heavy atom. The van der Waals surface area contributed by atoms with Crippen molar-refractivity contribution in [3.63, 3.8) is 0 Å². The van der Waals surface area contributed by atoms with Gasteiger partial charge < -0.3 is 4.40 Å². The second-order valence-corrected chi connectivity index (χ2v) is 5.00. The third-order valence-electron chi connectivity index (χ3n) is 2.07. The number of nitrogens with zero attached hydrogens (tertiary/aromatic N) is 5. The fraction of sp³-hybridized carbons (Fsp3) is 0. The zero-order chi connectivity index (χ0) is 11.7. The van der Waals surface area contributed by atoms with Crippen molar-refractivity contribution in [1.29, 1.82) is 0 Å². The molecule has 0 amide bonds. The number of aromatic nitrogens is 5. The summed E-state index contributed by atoms with van der Waals surface area (Å²) in [7, 11) is 0. The van der Waals surface area contributed by atoms with E-state index in [0.29, 0.717) is 0 Å². The lowest BCUT2D eigenvalue weighted by Crippen LogP contribution is -1.92. The van der Waals surface area contributed by atoms with Crippen LogP contribution in [0.1, 0.15) is 0 Å². The van der Waals surface area contributed by atoms with Crippen molar-refractivity contribution in [2.75, 3.05) is 0 Å². The Kier molecular flexibility index (Phi) is 2.77. The van der Waals surface area contributed by atoms with Gasteiger partial charge in [0.25, 0.3) is 0 Å². The number of hydrogen-bond donors (Lipinski definition) is 0. The molecule has 0 spiro atoms. The van der Waals surface area contributed by atoms with Crippen LogP contribution in [0.5, 0.6) is 0 Å². The maximum atomic E-state index is 4.40. The van der Waals surface area contributed by atoms with Crippen LogP contribution in [0.2, 0.25) is 0 Å². The van der Waals surface area contributed by atoms with E-state index in [2.05, 4.69) is 35.9 Å². The first-order valence-corrected chi connectivity index (χ1v) is 6.37. The van der Waals surface area contributed by atoms with Crippen molar-refractivity contribution in [2.45, 2.75) is 10.1 Å². The molecular formula is C10H6BrN5S. The Morgan fingerprint density at radius 1 is 1.24 bits per heavy atom. The zero-order valence-electron chi connectivity index (χ0n) is 8.49. The van der Waals surface area contributed by atoms with Gasteiger partial charge >= 0.3 is 0 Å². The first-order chi connectivity index (χ1) is 8.33. The summed E-state index contributed by atoms with van der Waals surface area (Å²) in [6.07, 6.45) is 8.71. The summed E-state index contributed by atoms with van der Waals surface area (Å²) in [5.41, 5.74) is 0.816. The van der Waals surface area contributed by atoms with Crippen LogP contribution in [0.25, 0.3) is 5.65 Å². The van der Waals surface area contributed by atoms with Crippen LogP contribution < -0.4 is 0 Å². The van der Waals surface area contributed by atoms with E-state index >= 15 is 0 Å². The third kappa shape index (κ3) is 2.16. The minimum atomic E-state index is 0.763. The van der Waals surface area contributed by atoms with Gasteiger partial charge in [0.1, 0.15) is 21.0 Å². The Bertz CT molecular complexity index is 654. The van der Waals surface area contributed by atoms with Gasteiger partial charge in [0.2, 0.25) is 0 Å². The van der Waals surface area contributed by atoms with Gasteiger partial charge in [-0.2, -0.15) is 0 Å². The van der Waals surface area contributed by atoms with E-state index in [1.165, 1.54) is 18.1 Å². The molecule has 0 N–H and O–H groups in total. The molecule has 0 atom stereocenters. The SMILES string of the molecule is Brc1cn2ccnc2c(Sc2ccncn2)n1. The van der Waals surface area contributed by atoms with E-state index in [4.69, 9.17) is 0 Å². The smallest absolute Gasteiger partial charge is 0.170 e. The van der Waals surface area contributed by atoms with Gasteiger partial charge in [-0.25, -0.2) is 19.9 Å². The summed E-state index contributed by atoms with van der Waals surface area (Å²) < 4.78 is 2.68. The highest BCUT2D eigenvalue weighted by Crippen LogP contribution is 2.27. The van der Waals surface area contributed by atoms with Crippen molar-refractivity contribution in [3.8, 4) is 0 Å². The fourth-order valence-electron chi connectivity index (χ4n) is 1.38. The molecule has 0 aromatic carbocycles. The van der Waals surface area contributed by atoms with E-state index < -0.39 is 0 Å². The molecule has 0 aliphatic heterocycles. The molecule has 3 aromatic rings. The van der Waals surface area contributed by atoms with Crippen LogP contribution in [0.3, 0.4) is 0 Å². The van der Waals surface area contributed by atoms with E-state index in [1.54, 1.807) is 12.4 Å². The number of fused-ring (bicyclic) bond motifs is 1. The highest BCUT2D eigenvalue weighted by Gasteiger charge is 2.08. The van der Waals surface area contributed by atoms with Crippen LogP contribution in [-0.4, -0.2) is 24.3 Å². The van der Waals surface area contributed by atoms with Crippen LogP contribution >= 0.6 is 27.7 Å². The van der Waals surface area contributed by atoms with Crippen LogP contribution in [-0.2, 0) is 0 Å². The maximum Gasteiger partial charge on any atom is 0.170 e. The van der Waals surface area contributed by atoms with E-state index in [0.717, 1.165) is 20.3 Å². The van der Waals surface area contributed by atoms with Crippen LogP contribution in [0, 0.1) is 0 Å². The van der Waals surface area contributed by atoms with Gasteiger partial charge in [-0.15, -0.1) is 0 Å². The maximum absolute atomic E-state index is 4.40. The fourth-order valence-corrected chi connectivity index (χ4v) is 2.72. The molecule has 0 aliphatic rings.